The lowest BCUT2D eigenvalue weighted by atomic mass is 10.1. The summed E-state index contributed by atoms with van der Waals surface area (Å²) in [7, 11) is 0. The van der Waals surface area contributed by atoms with Gasteiger partial charge in [0.15, 0.2) is 0 Å². The molecule has 2 amide bonds. The molecule has 2 heterocycles. The minimum Gasteiger partial charge on any atom is -0.379 e. The van der Waals surface area contributed by atoms with E-state index < -0.39 is 0 Å². The standard InChI is InChI=1S/C24H28N4O3/c1-18(29)25-21-4-2-19(3-5-21)16-24(30)26-22-6-7-23-20(17-22)8-9-28(23)11-10-27-12-14-31-15-13-27/h2-9,17H,10-16H2,1H3,(H,25,29)(H,26,30). The maximum Gasteiger partial charge on any atom is 0.228 e. The monoisotopic (exact) mass is 420 g/mol. The van der Waals surface area contributed by atoms with Crippen molar-refractivity contribution in [3.63, 3.8) is 0 Å². The molecule has 0 unspecified atom stereocenters. The second-order valence-electron chi connectivity index (χ2n) is 7.84. The van der Waals surface area contributed by atoms with Crippen LogP contribution in [-0.4, -0.2) is 54.1 Å². The molecule has 31 heavy (non-hydrogen) atoms. The number of carbonyl (C=O) groups excluding carboxylic acids is 2. The summed E-state index contributed by atoms with van der Waals surface area (Å²) < 4.78 is 7.67. The molecule has 4 rings (SSSR count). The number of aromatic nitrogens is 1. The first-order valence-corrected chi connectivity index (χ1v) is 10.6. The molecule has 0 saturated carbocycles. The predicted molar refractivity (Wildman–Crippen MR) is 122 cm³/mol. The number of ether oxygens (including phenoxy) is 1. The Labute approximate surface area is 182 Å². The van der Waals surface area contributed by atoms with Crippen LogP contribution in [0, 0.1) is 0 Å². The van der Waals surface area contributed by atoms with Crippen LogP contribution in [0.3, 0.4) is 0 Å². The number of morpholine rings is 1. The first kappa shape index (κ1) is 21.1. The van der Waals surface area contributed by atoms with Crippen molar-refractivity contribution in [2.45, 2.75) is 19.9 Å². The number of anilines is 2. The Morgan fingerprint density at radius 3 is 2.42 bits per heavy atom. The van der Waals surface area contributed by atoms with Gasteiger partial charge in [-0.3, -0.25) is 14.5 Å². The van der Waals surface area contributed by atoms with Crippen molar-refractivity contribution in [2.24, 2.45) is 0 Å². The van der Waals surface area contributed by atoms with Crippen molar-refractivity contribution in [2.75, 3.05) is 43.5 Å². The van der Waals surface area contributed by atoms with Gasteiger partial charge in [0.25, 0.3) is 0 Å². The van der Waals surface area contributed by atoms with E-state index in [4.69, 9.17) is 4.74 Å². The number of fused-ring (bicyclic) bond motifs is 1. The van der Waals surface area contributed by atoms with Crippen LogP contribution in [0.5, 0.6) is 0 Å². The molecule has 1 saturated heterocycles. The van der Waals surface area contributed by atoms with Gasteiger partial charge < -0.3 is 19.9 Å². The van der Waals surface area contributed by atoms with E-state index in [-0.39, 0.29) is 18.2 Å². The van der Waals surface area contributed by atoms with E-state index in [0.29, 0.717) is 0 Å². The fraction of sp³-hybridized carbons (Fsp3) is 0.333. The van der Waals surface area contributed by atoms with Gasteiger partial charge >= 0.3 is 0 Å². The maximum atomic E-state index is 12.5. The average Bonchev–Trinajstić information content (AvgIpc) is 3.16. The Balaban J connectivity index is 1.34. The Morgan fingerprint density at radius 2 is 1.68 bits per heavy atom. The summed E-state index contributed by atoms with van der Waals surface area (Å²) >= 11 is 0. The molecular weight excluding hydrogens is 392 g/mol. The zero-order chi connectivity index (χ0) is 21.6. The lowest BCUT2D eigenvalue weighted by Crippen LogP contribution is -2.38. The van der Waals surface area contributed by atoms with Gasteiger partial charge in [-0.2, -0.15) is 0 Å². The summed E-state index contributed by atoms with van der Waals surface area (Å²) in [5.41, 5.74) is 3.57. The molecule has 7 heteroatoms. The smallest absolute Gasteiger partial charge is 0.228 e. The van der Waals surface area contributed by atoms with Gasteiger partial charge in [-0.15, -0.1) is 0 Å². The SMILES string of the molecule is CC(=O)Nc1ccc(CC(=O)Nc2ccc3c(ccn3CCN3CCOCC3)c2)cc1. The van der Waals surface area contributed by atoms with Gasteiger partial charge in [-0.25, -0.2) is 0 Å². The second kappa shape index (κ2) is 9.76. The molecule has 1 fully saturated rings. The molecule has 0 aliphatic carbocycles. The normalized spacial score (nSPS) is 14.5. The summed E-state index contributed by atoms with van der Waals surface area (Å²) in [5.74, 6) is -0.186. The summed E-state index contributed by atoms with van der Waals surface area (Å²) in [6.07, 6.45) is 2.38. The van der Waals surface area contributed by atoms with Gasteiger partial charge in [0.2, 0.25) is 11.8 Å². The van der Waals surface area contributed by atoms with Crippen molar-refractivity contribution in [1.82, 2.24) is 9.47 Å². The second-order valence-corrected chi connectivity index (χ2v) is 7.84. The number of benzene rings is 2. The van der Waals surface area contributed by atoms with E-state index >= 15 is 0 Å². The minimum absolute atomic E-state index is 0.0709. The molecule has 1 aliphatic rings. The number of rotatable bonds is 7. The Kier molecular flexibility index (Phi) is 6.64. The molecule has 7 nitrogen and oxygen atoms in total. The number of nitrogens with zero attached hydrogens (tertiary/aromatic N) is 2. The highest BCUT2D eigenvalue weighted by molar-refractivity contribution is 5.95. The first-order chi connectivity index (χ1) is 15.1. The molecule has 0 bridgehead atoms. The highest BCUT2D eigenvalue weighted by Gasteiger charge is 2.11. The van der Waals surface area contributed by atoms with Crippen molar-refractivity contribution < 1.29 is 14.3 Å². The van der Waals surface area contributed by atoms with Crippen molar-refractivity contribution in [1.29, 1.82) is 0 Å². The molecule has 2 aromatic carbocycles. The lowest BCUT2D eigenvalue weighted by Gasteiger charge is -2.26. The third kappa shape index (κ3) is 5.71. The lowest BCUT2D eigenvalue weighted by molar-refractivity contribution is -0.116. The quantitative estimate of drug-likeness (QED) is 0.616. The molecule has 2 N–H and O–H groups in total. The summed E-state index contributed by atoms with van der Waals surface area (Å²) in [5, 5.41) is 6.81. The molecule has 0 radical (unpaired) electrons. The summed E-state index contributed by atoms with van der Waals surface area (Å²) in [6, 6.07) is 15.4. The van der Waals surface area contributed by atoms with Gasteiger partial charge in [0.1, 0.15) is 0 Å². The Morgan fingerprint density at radius 1 is 0.935 bits per heavy atom. The van der Waals surface area contributed by atoms with Gasteiger partial charge in [0.05, 0.1) is 19.6 Å². The van der Waals surface area contributed by atoms with E-state index in [0.717, 1.165) is 61.7 Å². The number of hydrogen-bond acceptors (Lipinski definition) is 4. The summed E-state index contributed by atoms with van der Waals surface area (Å²) in [4.78, 5) is 26.0. The van der Waals surface area contributed by atoms with E-state index in [2.05, 4.69) is 38.4 Å². The van der Waals surface area contributed by atoms with E-state index in [1.54, 1.807) is 12.1 Å². The van der Waals surface area contributed by atoms with Crippen molar-refractivity contribution in [3.8, 4) is 0 Å². The zero-order valence-corrected chi connectivity index (χ0v) is 17.8. The fourth-order valence-electron chi connectivity index (χ4n) is 3.85. The number of nitrogens with one attached hydrogen (secondary N) is 2. The largest absolute Gasteiger partial charge is 0.379 e. The number of carbonyl (C=O) groups is 2. The van der Waals surface area contributed by atoms with E-state index in [1.807, 2.05) is 24.3 Å². The van der Waals surface area contributed by atoms with Crippen LogP contribution < -0.4 is 10.6 Å². The molecule has 1 aliphatic heterocycles. The van der Waals surface area contributed by atoms with Gasteiger partial charge in [-0.05, 0) is 42.0 Å². The highest BCUT2D eigenvalue weighted by atomic mass is 16.5. The predicted octanol–water partition coefficient (Wildman–Crippen LogP) is 3.11. The third-order valence-corrected chi connectivity index (χ3v) is 5.45. The molecule has 0 atom stereocenters. The van der Waals surface area contributed by atoms with E-state index in [9.17, 15) is 9.59 Å². The van der Waals surface area contributed by atoms with Crippen LogP contribution in [0.2, 0.25) is 0 Å². The van der Waals surface area contributed by atoms with Crippen LogP contribution in [0.25, 0.3) is 10.9 Å². The van der Waals surface area contributed by atoms with Crippen LogP contribution in [-0.2, 0) is 27.3 Å². The third-order valence-electron chi connectivity index (χ3n) is 5.45. The average molecular weight is 421 g/mol. The van der Waals surface area contributed by atoms with Crippen LogP contribution in [0.1, 0.15) is 12.5 Å². The molecular formula is C24H28N4O3. The zero-order valence-electron chi connectivity index (χ0n) is 17.8. The van der Waals surface area contributed by atoms with Crippen LogP contribution >= 0.6 is 0 Å². The number of amides is 2. The summed E-state index contributed by atoms with van der Waals surface area (Å²) in [6.45, 7) is 7.02. The molecule has 162 valence electrons. The Hall–Kier alpha value is -3.16. The van der Waals surface area contributed by atoms with Crippen LogP contribution in [0.4, 0.5) is 11.4 Å². The molecule has 3 aromatic rings. The highest BCUT2D eigenvalue weighted by Crippen LogP contribution is 2.21. The fourth-order valence-corrected chi connectivity index (χ4v) is 3.85. The van der Waals surface area contributed by atoms with Gasteiger partial charge in [-0.1, -0.05) is 12.1 Å². The number of hydrogen-bond donors (Lipinski definition) is 2. The molecule has 1 aromatic heterocycles. The minimum atomic E-state index is -0.115. The topological polar surface area (TPSA) is 75.6 Å². The maximum absolute atomic E-state index is 12.5. The Bertz CT molecular complexity index is 1050. The van der Waals surface area contributed by atoms with E-state index in [1.165, 1.54) is 12.4 Å². The van der Waals surface area contributed by atoms with Gasteiger partial charge in [0, 0.05) is 61.6 Å². The van der Waals surface area contributed by atoms with Crippen LogP contribution in [0.15, 0.2) is 54.7 Å². The first-order valence-electron chi connectivity index (χ1n) is 10.6. The molecule has 0 spiro atoms. The van der Waals surface area contributed by atoms with Crippen molar-refractivity contribution >= 4 is 34.1 Å². The van der Waals surface area contributed by atoms with Crippen molar-refractivity contribution in [3.05, 3.63) is 60.3 Å².